The molecule has 0 amide bonds. The van der Waals surface area contributed by atoms with Crippen LogP contribution in [0.4, 0.5) is 13.2 Å². The molecule has 0 aromatic heterocycles. The predicted molar refractivity (Wildman–Crippen MR) is 73.9 cm³/mol. The number of hydrogen-bond acceptors (Lipinski definition) is 2. The van der Waals surface area contributed by atoms with E-state index in [-0.39, 0.29) is 23.4 Å². The summed E-state index contributed by atoms with van der Waals surface area (Å²) in [7, 11) is 0. The Morgan fingerprint density at radius 1 is 1.40 bits per heavy atom. The molecule has 20 heavy (non-hydrogen) atoms. The summed E-state index contributed by atoms with van der Waals surface area (Å²) in [5.41, 5.74) is -0.262. The highest BCUT2D eigenvalue weighted by atomic mass is 35.5. The number of alkyl halides is 3. The minimum atomic E-state index is -4.48. The summed E-state index contributed by atoms with van der Waals surface area (Å²) in [6, 6.07) is 4.18. The van der Waals surface area contributed by atoms with Crippen molar-refractivity contribution in [3.05, 3.63) is 40.9 Å². The molecule has 0 aliphatic rings. The molecule has 1 aromatic rings. The van der Waals surface area contributed by atoms with Crippen molar-refractivity contribution >= 4 is 11.6 Å². The Labute approximate surface area is 121 Å². The van der Waals surface area contributed by atoms with Gasteiger partial charge in [0.25, 0.3) is 0 Å². The molecular weight excluding hydrogens is 291 g/mol. The average molecular weight is 308 g/mol. The predicted octanol–water partition coefficient (Wildman–Crippen LogP) is 4.33. The third-order valence-electron chi connectivity index (χ3n) is 2.45. The van der Waals surface area contributed by atoms with Crippen LogP contribution in [0.2, 0.25) is 0 Å². The molecule has 0 saturated heterocycles. The Bertz CT molecular complexity index is 472. The van der Waals surface area contributed by atoms with Crippen LogP contribution < -0.4 is 10.1 Å². The first-order valence-corrected chi connectivity index (χ1v) is 6.47. The zero-order valence-electron chi connectivity index (χ0n) is 11.4. The SMILES string of the molecule is C=C(Cl)COc1ccc(CNC(C)C)cc1C(F)(F)F. The molecule has 0 spiro atoms. The third-order valence-corrected chi connectivity index (χ3v) is 2.56. The smallest absolute Gasteiger partial charge is 0.419 e. The maximum atomic E-state index is 13.0. The van der Waals surface area contributed by atoms with Crippen LogP contribution in [0.25, 0.3) is 0 Å². The quantitative estimate of drug-likeness (QED) is 0.844. The van der Waals surface area contributed by atoms with Crippen molar-refractivity contribution < 1.29 is 17.9 Å². The fourth-order valence-electron chi connectivity index (χ4n) is 1.51. The molecule has 2 nitrogen and oxygen atoms in total. The normalized spacial score (nSPS) is 11.8. The monoisotopic (exact) mass is 307 g/mol. The number of halogens is 4. The van der Waals surface area contributed by atoms with Gasteiger partial charge in [-0.2, -0.15) is 13.2 Å². The van der Waals surface area contributed by atoms with Gasteiger partial charge in [0.2, 0.25) is 0 Å². The Hall–Kier alpha value is -1.20. The molecule has 0 atom stereocenters. The van der Waals surface area contributed by atoms with Crippen molar-refractivity contribution in [1.29, 1.82) is 0 Å². The Kier molecular flexibility index (Phi) is 5.89. The largest absolute Gasteiger partial charge is 0.487 e. The molecule has 0 unspecified atom stereocenters. The molecule has 0 aliphatic heterocycles. The van der Waals surface area contributed by atoms with E-state index >= 15 is 0 Å². The van der Waals surface area contributed by atoms with Crippen molar-refractivity contribution in [3.8, 4) is 5.75 Å². The zero-order valence-corrected chi connectivity index (χ0v) is 12.1. The Balaban J connectivity index is 2.98. The van der Waals surface area contributed by atoms with Gasteiger partial charge >= 0.3 is 6.18 Å². The second kappa shape index (κ2) is 6.99. The fourth-order valence-corrected chi connectivity index (χ4v) is 1.57. The lowest BCUT2D eigenvalue weighted by Gasteiger charge is -2.16. The van der Waals surface area contributed by atoms with Gasteiger partial charge < -0.3 is 10.1 Å². The lowest BCUT2D eigenvalue weighted by molar-refractivity contribution is -0.138. The van der Waals surface area contributed by atoms with E-state index < -0.39 is 11.7 Å². The van der Waals surface area contributed by atoms with Crippen LogP contribution in [0.3, 0.4) is 0 Å². The Morgan fingerprint density at radius 2 is 2.05 bits per heavy atom. The minimum absolute atomic E-state index is 0.142. The van der Waals surface area contributed by atoms with Crippen LogP contribution in [-0.4, -0.2) is 12.6 Å². The molecule has 0 fully saturated rings. The molecule has 112 valence electrons. The second-order valence-corrected chi connectivity index (χ2v) is 5.20. The van der Waals surface area contributed by atoms with E-state index in [1.165, 1.54) is 6.07 Å². The van der Waals surface area contributed by atoms with Gasteiger partial charge in [-0.15, -0.1) is 0 Å². The van der Waals surface area contributed by atoms with Crippen molar-refractivity contribution in [1.82, 2.24) is 5.32 Å². The lowest BCUT2D eigenvalue weighted by atomic mass is 10.1. The maximum absolute atomic E-state index is 13.0. The first-order chi connectivity index (χ1) is 9.20. The maximum Gasteiger partial charge on any atom is 0.419 e. The highest BCUT2D eigenvalue weighted by Crippen LogP contribution is 2.37. The Morgan fingerprint density at radius 3 is 2.55 bits per heavy atom. The van der Waals surface area contributed by atoms with E-state index in [1.807, 2.05) is 13.8 Å². The van der Waals surface area contributed by atoms with Crippen molar-refractivity contribution in [3.63, 3.8) is 0 Å². The first-order valence-electron chi connectivity index (χ1n) is 6.09. The van der Waals surface area contributed by atoms with Crippen LogP contribution in [0.1, 0.15) is 25.0 Å². The van der Waals surface area contributed by atoms with Gasteiger partial charge in [0.1, 0.15) is 12.4 Å². The highest BCUT2D eigenvalue weighted by molar-refractivity contribution is 6.29. The van der Waals surface area contributed by atoms with Gasteiger partial charge in [-0.05, 0) is 17.7 Å². The number of hydrogen-bond donors (Lipinski definition) is 1. The summed E-state index contributed by atoms with van der Waals surface area (Å²) in [6.45, 7) is 7.43. The van der Waals surface area contributed by atoms with Crippen molar-refractivity contribution in [2.45, 2.75) is 32.6 Å². The number of nitrogens with one attached hydrogen (secondary N) is 1. The number of benzene rings is 1. The van der Waals surface area contributed by atoms with Crippen LogP contribution in [0.15, 0.2) is 29.8 Å². The second-order valence-electron chi connectivity index (χ2n) is 4.67. The van der Waals surface area contributed by atoms with Crippen molar-refractivity contribution in [2.24, 2.45) is 0 Å². The van der Waals surface area contributed by atoms with Gasteiger partial charge in [0.05, 0.1) is 5.56 Å². The van der Waals surface area contributed by atoms with Gasteiger partial charge in [-0.25, -0.2) is 0 Å². The van der Waals surface area contributed by atoms with Crippen LogP contribution in [0.5, 0.6) is 5.75 Å². The van der Waals surface area contributed by atoms with Gasteiger partial charge in [0.15, 0.2) is 0 Å². The van der Waals surface area contributed by atoms with E-state index in [4.69, 9.17) is 16.3 Å². The molecule has 1 N–H and O–H groups in total. The fraction of sp³-hybridized carbons (Fsp3) is 0.429. The molecule has 0 heterocycles. The number of ether oxygens (including phenoxy) is 1. The summed E-state index contributed by atoms with van der Waals surface area (Å²) in [4.78, 5) is 0. The molecule has 0 saturated carbocycles. The molecule has 6 heteroatoms. The van der Waals surface area contributed by atoms with Crippen molar-refractivity contribution in [2.75, 3.05) is 6.61 Å². The van der Waals surface area contributed by atoms with Gasteiger partial charge in [-0.1, -0.05) is 38.1 Å². The van der Waals surface area contributed by atoms with E-state index in [1.54, 1.807) is 6.07 Å². The van der Waals surface area contributed by atoms with E-state index in [2.05, 4.69) is 11.9 Å². The van der Waals surface area contributed by atoms with Crippen LogP contribution in [-0.2, 0) is 12.7 Å². The minimum Gasteiger partial charge on any atom is -0.487 e. The van der Waals surface area contributed by atoms with Crippen LogP contribution >= 0.6 is 11.6 Å². The summed E-state index contributed by atoms with van der Waals surface area (Å²) in [6.07, 6.45) is -4.48. The molecule has 1 rings (SSSR count). The summed E-state index contributed by atoms with van der Waals surface area (Å²) in [5.74, 6) is -0.243. The first kappa shape index (κ1) is 16.9. The third kappa shape index (κ3) is 5.43. The molecule has 0 bridgehead atoms. The summed E-state index contributed by atoms with van der Waals surface area (Å²) >= 11 is 5.50. The van der Waals surface area contributed by atoms with Gasteiger partial charge in [-0.3, -0.25) is 0 Å². The van der Waals surface area contributed by atoms with E-state index in [0.717, 1.165) is 6.07 Å². The van der Waals surface area contributed by atoms with Gasteiger partial charge in [0, 0.05) is 17.6 Å². The molecule has 0 aliphatic carbocycles. The lowest BCUT2D eigenvalue weighted by Crippen LogP contribution is -2.22. The highest BCUT2D eigenvalue weighted by Gasteiger charge is 2.34. The molecule has 1 aromatic carbocycles. The topological polar surface area (TPSA) is 21.3 Å². The zero-order chi connectivity index (χ0) is 15.3. The summed E-state index contributed by atoms with van der Waals surface area (Å²) < 4.78 is 44.0. The number of rotatable bonds is 6. The average Bonchev–Trinajstić information content (AvgIpc) is 2.33. The molecular formula is C14H17ClF3NO. The summed E-state index contributed by atoms with van der Waals surface area (Å²) in [5, 5.41) is 3.21. The van der Waals surface area contributed by atoms with E-state index in [9.17, 15) is 13.2 Å². The van der Waals surface area contributed by atoms with E-state index in [0.29, 0.717) is 12.1 Å². The molecule has 0 radical (unpaired) electrons. The standard InChI is InChI=1S/C14H17ClF3NO/c1-9(2)19-7-11-4-5-13(20-8-10(3)15)12(6-11)14(16,17)18/h4-6,9,19H,3,7-8H2,1-2H3. The van der Waals surface area contributed by atoms with Crippen LogP contribution in [0, 0.1) is 0 Å².